The third-order valence-corrected chi connectivity index (χ3v) is 9.01. The fourth-order valence-corrected chi connectivity index (χ4v) is 6.61. The number of benzene rings is 1. The molecular formula is C26H38F3N3O4S. The van der Waals surface area contributed by atoms with E-state index >= 15 is 0 Å². The summed E-state index contributed by atoms with van der Waals surface area (Å²) in [6.07, 6.45) is 1.07. The van der Waals surface area contributed by atoms with Crippen molar-refractivity contribution in [3.05, 3.63) is 34.4 Å². The van der Waals surface area contributed by atoms with Crippen LogP contribution >= 0.6 is 0 Å². The van der Waals surface area contributed by atoms with Gasteiger partial charge in [-0.2, -0.15) is 13.2 Å². The van der Waals surface area contributed by atoms with Gasteiger partial charge in [0.1, 0.15) is 0 Å². The largest absolute Gasteiger partial charge is 0.416 e. The highest BCUT2D eigenvalue weighted by Gasteiger charge is 2.50. The first-order valence-electron chi connectivity index (χ1n) is 13.1. The van der Waals surface area contributed by atoms with Crippen LogP contribution in [0.15, 0.2) is 12.1 Å². The molecule has 208 valence electrons. The van der Waals surface area contributed by atoms with Gasteiger partial charge in [0.15, 0.2) is 0 Å². The van der Waals surface area contributed by atoms with E-state index in [9.17, 15) is 26.4 Å². The van der Waals surface area contributed by atoms with Gasteiger partial charge in [-0.1, -0.05) is 13.8 Å². The first kappa shape index (κ1) is 28.3. The highest BCUT2D eigenvalue weighted by atomic mass is 32.2. The second-order valence-electron chi connectivity index (χ2n) is 11.1. The minimum atomic E-state index is -4.57. The van der Waals surface area contributed by atoms with Crippen molar-refractivity contribution in [3.63, 3.8) is 0 Å². The van der Waals surface area contributed by atoms with Crippen molar-refractivity contribution in [2.75, 3.05) is 26.0 Å². The van der Waals surface area contributed by atoms with Gasteiger partial charge >= 0.3 is 6.18 Å². The Hall–Kier alpha value is -1.69. The van der Waals surface area contributed by atoms with Gasteiger partial charge in [-0.15, -0.1) is 0 Å². The van der Waals surface area contributed by atoms with Gasteiger partial charge in [-0.25, -0.2) is 13.1 Å². The van der Waals surface area contributed by atoms with Crippen molar-refractivity contribution >= 4 is 15.9 Å². The van der Waals surface area contributed by atoms with E-state index in [2.05, 4.69) is 23.9 Å². The summed E-state index contributed by atoms with van der Waals surface area (Å²) < 4.78 is 72.0. The van der Waals surface area contributed by atoms with Gasteiger partial charge in [0, 0.05) is 44.9 Å². The van der Waals surface area contributed by atoms with E-state index in [-0.39, 0.29) is 31.0 Å². The van der Waals surface area contributed by atoms with Crippen LogP contribution < -0.4 is 10.0 Å². The Bertz CT molecular complexity index is 1100. The first-order valence-corrected chi connectivity index (χ1v) is 15.0. The van der Waals surface area contributed by atoms with Crippen molar-refractivity contribution in [1.29, 1.82) is 0 Å². The fourth-order valence-electron chi connectivity index (χ4n) is 6.19. The van der Waals surface area contributed by atoms with Crippen LogP contribution in [0.4, 0.5) is 13.2 Å². The molecule has 1 saturated heterocycles. The van der Waals surface area contributed by atoms with E-state index in [0.29, 0.717) is 35.7 Å². The number of amides is 1. The molecule has 3 aliphatic rings. The second-order valence-corrected chi connectivity index (χ2v) is 13.0. The van der Waals surface area contributed by atoms with Crippen molar-refractivity contribution in [1.82, 2.24) is 14.9 Å². The van der Waals surface area contributed by atoms with E-state index in [1.807, 2.05) is 0 Å². The topological polar surface area (TPSA) is 87.7 Å². The summed E-state index contributed by atoms with van der Waals surface area (Å²) in [7, 11) is -3.57. The molecule has 4 rings (SSSR count). The predicted octanol–water partition coefficient (Wildman–Crippen LogP) is 3.60. The van der Waals surface area contributed by atoms with Gasteiger partial charge in [0.25, 0.3) is 0 Å². The molecule has 0 spiro atoms. The zero-order valence-corrected chi connectivity index (χ0v) is 22.6. The van der Waals surface area contributed by atoms with Crippen LogP contribution in [0.25, 0.3) is 0 Å². The van der Waals surface area contributed by atoms with Crippen LogP contribution in [-0.4, -0.2) is 57.3 Å². The van der Waals surface area contributed by atoms with Gasteiger partial charge in [0.05, 0.1) is 17.2 Å². The summed E-state index contributed by atoms with van der Waals surface area (Å²) in [6, 6.07) is 2.76. The van der Waals surface area contributed by atoms with Crippen LogP contribution in [0.3, 0.4) is 0 Å². The highest BCUT2D eigenvalue weighted by molar-refractivity contribution is 7.88. The number of fused-ring (bicyclic) bond motifs is 1. The summed E-state index contributed by atoms with van der Waals surface area (Å²) in [6.45, 7) is 5.88. The van der Waals surface area contributed by atoms with Crippen molar-refractivity contribution in [3.8, 4) is 0 Å². The van der Waals surface area contributed by atoms with Crippen molar-refractivity contribution < 1.29 is 31.1 Å². The van der Waals surface area contributed by atoms with Gasteiger partial charge in [-0.3, -0.25) is 4.79 Å². The van der Waals surface area contributed by atoms with Crippen molar-refractivity contribution in [2.24, 2.45) is 11.3 Å². The molecule has 0 radical (unpaired) electrons. The predicted molar refractivity (Wildman–Crippen MR) is 134 cm³/mol. The Morgan fingerprint density at radius 1 is 1.19 bits per heavy atom. The number of nitrogens with one attached hydrogen (secondary N) is 2. The molecule has 0 aromatic heterocycles. The lowest BCUT2D eigenvalue weighted by atomic mass is 9.73. The Labute approximate surface area is 217 Å². The van der Waals surface area contributed by atoms with E-state index in [4.69, 9.17) is 4.74 Å². The number of rotatable bonds is 7. The molecular weight excluding hydrogens is 507 g/mol. The Morgan fingerprint density at radius 3 is 2.51 bits per heavy atom. The highest BCUT2D eigenvalue weighted by Crippen LogP contribution is 2.47. The number of hydrogen-bond acceptors (Lipinski definition) is 5. The summed E-state index contributed by atoms with van der Waals surface area (Å²) in [5.41, 5.74) is 0.0576. The van der Waals surface area contributed by atoms with E-state index in [1.54, 1.807) is 4.90 Å². The molecule has 7 nitrogen and oxygen atoms in total. The second kappa shape index (κ2) is 10.8. The molecule has 1 saturated carbocycles. The molecule has 1 amide bonds. The van der Waals surface area contributed by atoms with Crippen LogP contribution in [0, 0.1) is 11.3 Å². The smallest absolute Gasteiger partial charge is 0.381 e. The molecule has 2 aliphatic heterocycles. The third-order valence-electron chi connectivity index (χ3n) is 8.34. The van der Waals surface area contributed by atoms with Gasteiger partial charge in [-0.05, 0) is 73.3 Å². The van der Waals surface area contributed by atoms with E-state index in [1.165, 1.54) is 0 Å². The lowest BCUT2D eigenvalue weighted by molar-refractivity contribution is -0.145. The van der Waals surface area contributed by atoms with Crippen LogP contribution in [0.2, 0.25) is 0 Å². The molecule has 1 aromatic rings. The zero-order chi connectivity index (χ0) is 27.0. The molecule has 11 heteroatoms. The summed E-state index contributed by atoms with van der Waals surface area (Å²) in [5, 5.41) is 3.73. The summed E-state index contributed by atoms with van der Waals surface area (Å²) in [5.74, 6) is 0.108. The molecule has 0 bridgehead atoms. The average Bonchev–Trinajstić information content (AvgIpc) is 3.26. The van der Waals surface area contributed by atoms with E-state index in [0.717, 1.165) is 63.7 Å². The number of carbonyl (C=O) groups excluding carboxylic acids is 1. The zero-order valence-electron chi connectivity index (χ0n) is 21.8. The molecule has 2 fully saturated rings. The fraction of sp³-hybridized carbons (Fsp3) is 0.731. The van der Waals surface area contributed by atoms with E-state index < -0.39 is 27.2 Å². The lowest BCUT2D eigenvalue weighted by Gasteiger charge is -2.40. The standard InChI is InChI=1S/C26H38F3N3O4S/c1-17(2)25(8-4-22(14-25)31-21-6-10-36-11-7-21)24(33)32-9-5-23-18(15-30-37(3,34)35)12-20(26(27,28)29)13-19(23)16-32/h12-13,17,21-22,30-31H,4-11,14-16H2,1-3H3/t22-,25+/m1/s1. The maximum atomic E-state index is 14.0. The molecule has 1 aliphatic carbocycles. The molecule has 2 atom stereocenters. The lowest BCUT2D eigenvalue weighted by Crippen LogP contribution is -2.49. The SMILES string of the molecule is CC(C)[C@]1(C(=O)N2CCc3c(CNS(C)(=O)=O)cc(C(F)(F)F)cc3C2)CC[C@@H](NC2CCOCC2)C1. The molecule has 2 N–H and O–H groups in total. The summed E-state index contributed by atoms with van der Waals surface area (Å²) >= 11 is 0. The van der Waals surface area contributed by atoms with Gasteiger partial charge in [0.2, 0.25) is 15.9 Å². The molecule has 1 aromatic carbocycles. The summed E-state index contributed by atoms with van der Waals surface area (Å²) in [4.78, 5) is 15.7. The van der Waals surface area contributed by atoms with Crippen LogP contribution in [0.5, 0.6) is 0 Å². The number of hydrogen-bond donors (Lipinski definition) is 2. The normalized spacial score (nSPS) is 25.5. The number of nitrogens with zero attached hydrogens (tertiary/aromatic N) is 1. The van der Waals surface area contributed by atoms with Crippen LogP contribution in [-0.2, 0) is 45.2 Å². The molecule has 2 heterocycles. The average molecular weight is 546 g/mol. The minimum Gasteiger partial charge on any atom is -0.381 e. The molecule has 0 unspecified atom stereocenters. The Balaban J connectivity index is 1.55. The third kappa shape index (κ3) is 6.49. The number of sulfonamides is 1. The van der Waals surface area contributed by atoms with Crippen LogP contribution in [0.1, 0.15) is 68.2 Å². The number of alkyl halides is 3. The maximum absolute atomic E-state index is 14.0. The minimum absolute atomic E-state index is 0.0117. The number of carbonyl (C=O) groups is 1. The first-order chi connectivity index (χ1) is 17.3. The quantitative estimate of drug-likeness (QED) is 0.547. The maximum Gasteiger partial charge on any atom is 0.416 e. The monoisotopic (exact) mass is 545 g/mol. The van der Waals surface area contributed by atoms with Crippen molar-refractivity contribution in [2.45, 2.75) is 83.7 Å². The molecule has 37 heavy (non-hydrogen) atoms. The Morgan fingerprint density at radius 2 is 1.89 bits per heavy atom. The van der Waals surface area contributed by atoms with Gasteiger partial charge < -0.3 is 15.0 Å². The Kier molecular flexibility index (Phi) is 8.28. The number of ether oxygens (including phenoxy) is 1. The number of halogens is 3.